The Kier molecular flexibility index (Phi) is 4.94. The number of methoxy groups -OCH3 is 1. The number of ether oxygens (including phenoxy) is 2. The van der Waals surface area contributed by atoms with Crippen LogP contribution in [0.2, 0.25) is 0 Å². The predicted octanol–water partition coefficient (Wildman–Crippen LogP) is 3.85. The van der Waals surface area contributed by atoms with E-state index in [4.69, 9.17) is 4.74 Å². The van der Waals surface area contributed by atoms with Crippen LogP contribution in [0.5, 0.6) is 0 Å². The average Bonchev–Trinajstić information content (AvgIpc) is 3.25. The van der Waals surface area contributed by atoms with Gasteiger partial charge in [0.1, 0.15) is 11.4 Å². The van der Waals surface area contributed by atoms with Gasteiger partial charge < -0.3 is 9.47 Å². The molecule has 4 rings (SSSR count). The van der Waals surface area contributed by atoms with E-state index in [-0.39, 0.29) is 17.4 Å². The Labute approximate surface area is 162 Å². The van der Waals surface area contributed by atoms with Crippen LogP contribution < -0.4 is 0 Å². The van der Waals surface area contributed by atoms with Crippen LogP contribution in [0.3, 0.4) is 0 Å². The molecule has 0 aliphatic carbocycles. The molecule has 0 radical (unpaired) electrons. The number of thioether (sulfide) groups is 1. The van der Waals surface area contributed by atoms with Gasteiger partial charge >= 0.3 is 12.2 Å². The van der Waals surface area contributed by atoms with E-state index in [1.165, 1.54) is 7.11 Å². The fourth-order valence-corrected chi connectivity index (χ4v) is 5.01. The summed E-state index contributed by atoms with van der Waals surface area (Å²) in [7, 11) is 1.27. The molecule has 3 atom stereocenters. The van der Waals surface area contributed by atoms with E-state index in [2.05, 4.69) is 4.74 Å². The predicted molar refractivity (Wildman–Crippen MR) is 102 cm³/mol. The number of amides is 2. The van der Waals surface area contributed by atoms with Gasteiger partial charge in [0, 0.05) is 5.75 Å². The van der Waals surface area contributed by atoms with Crippen LogP contribution in [-0.4, -0.2) is 47.1 Å². The standard InChI is InChI=1S/C20H20N2O4S/c1-25-20(24)26-17-16-13-27-18(15-10-6-3-7-11-15)22(16)19(23)21(17)12-14-8-4-2-5-9-14/h2-11,16-18H,12-13H2,1H3/t16-,17+,18?/m0/s1. The van der Waals surface area contributed by atoms with Gasteiger partial charge in [-0.05, 0) is 11.1 Å². The van der Waals surface area contributed by atoms with Gasteiger partial charge in [-0.1, -0.05) is 60.7 Å². The van der Waals surface area contributed by atoms with E-state index in [9.17, 15) is 9.59 Å². The third-order valence-corrected chi connectivity index (χ3v) is 6.15. The van der Waals surface area contributed by atoms with Gasteiger partial charge in [-0.25, -0.2) is 9.59 Å². The summed E-state index contributed by atoms with van der Waals surface area (Å²) in [4.78, 5) is 28.5. The van der Waals surface area contributed by atoms with Crippen molar-refractivity contribution in [3.63, 3.8) is 0 Å². The molecule has 0 saturated carbocycles. The molecule has 6 nitrogen and oxygen atoms in total. The maximum absolute atomic E-state index is 13.3. The zero-order valence-corrected chi connectivity index (χ0v) is 15.7. The third kappa shape index (κ3) is 3.35. The minimum atomic E-state index is -0.777. The summed E-state index contributed by atoms with van der Waals surface area (Å²) in [5.41, 5.74) is 2.05. The highest BCUT2D eigenvalue weighted by atomic mass is 32.2. The van der Waals surface area contributed by atoms with Gasteiger partial charge in [-0.15, -0.1) is 11.8 Å². The Balaban J connectivity index is 1.64. The van der Waals surface area contributed by atoms with Crippen LogP contribution in [0.1, 0.15) is 16.5 Å². The average molecular weight is 384 g/mol. The Morgan fingerprint density at radius 1 is 1.11 bits per heavy atom. The zero-order chi connectivity index (χ0) is 18.8. The Bertz CT molecular complexity index is 817. The number of nitrogens with zero attached hydrogens (tertiary/aromatic N) is 2. The van der Waals surface area contributed by atoms with Crippen LogP contribution in [0.4, 0.5) is 9.59 Å². The molecule has 0 bridgehead atoms. The lowest BCUT2D eigenvalue weighted by Gasteiger charge is -2.25. The van der Waals surface area contributed by atoms with Gasteiger partial charge in [0.05, 0.1) is 13.7 Å². The summed E-state index contributed by atoms with van der Waals surface area (Å²) < 4.78 is 10.2. The van der Waals surface area contributed by atoms with Crippen molar-refractivity contribution in [3.8, 4) is 0 Å². The second-order valence-corrected chi connectivity index (χ2v) is 7.54. The van der Waals surface area contributed by atoms with E-state index in [1.807, 2.05) is 65.6 Å². The molecule has 2 aromatic rings. The molecule has 1 unspecified atom stereocenters. The van der Waals surface area contributed by atoms with Gasteiger partial charge in [0.15, 0.2) is 0 Å². The summed E-state index contributed by atoms with van der Waals surface area (Å²) in [5.74, 6) is 0.693. The smallest absolute Gasteiger partial charge is 0.438 e. The van der Waals surface area contributed by atoms with E-state index >= 15 is 0 Å². The first-order valence-corrected chi connectivity index (χ1v) is 9.78. The summed E-state index contributed by atoms with van der Waals surface area (Å²) >= 11 is 1.68. The van der Waals surface area contributed by atoms with E-state index in [0.717, 1.165) is 11.1 Å². The molecule has 140 valence electrons. The van der Waals surface area contributed by atoms with E-state index in [1.54, 1.807) is 16.7 Å². The van der Waals surface area contributed by atoms with Crippen molar-refractivity contribution in [1.29, 1.82) is 0 Å². The number of fused-ring (bicyclic) bond motifs is 1. The van der Waals surface area contributed by atoms with Crippen LogP contribution >= 0.6 is 11.8 Å². The number of rotatable bonds is 4. The number of benzene rings is 2. The maximum atomic E-state index is 13.3. The number of hydrogen-bond acceptors (Lipinski definition) is 5. The number of carbonyl (C=O) groups excluding carboxylic acids is 2. The largest absolute Gasteiger partial charge is 0.510 e. The quantitative estimate of drug-likeness (QED) is 0.750. The molecule has 2 heterocycles. The maximum Gasteiger partial charge on any atom is 0.510 e. The Morgan fingerprint density at radius 2 is 1.78 bits per heavy atom. The normalized spacial score (nSPS) is 24.0. The number of urea groups is 1. The van der Waals surface area contributed by atoms with Crippen LogP contribution in [0.15, 0.2) is 60.7 Å². The second-order valence-electron chi connectivity index (χ2n) is 6.43. The number of carbonyl (C=O) groups is 2. The van der Waals surface area contributed by atoms with Crippen molar-refractivity contribution >= 4 is 23.9 Å². The fraction of sp³-hybridized carbons (Fsp3) is 0.300. The molecular formula is C20H20N2O4S. The number of hydrogen-bond donors (Lipinski definition) is 0. The summed E-state index contributed by atoms with van der Waals surface area (Å²) in [6.07, 6.45) is -1.45. The van der Waals surface area contributed by atoms with Gasteiger partial charge in [-0.3, -0.25) is 9.80 Å². The van der Waals surface area contributed by atoms with Crippen molar-refractivity contribution < 1.29 is 19.1 Å². The van der Waals surface area contributed by atoms with Crippen molar-refractivity contribution in [1.82, 2.24) is 9.80 Å². The SMILES string of the molecule is COC(=O)O[C@@H]1[C@@H]2CSC(c3ccccc3)N2C(=O)N1Cc1ccccc1. The third-order valence-electron chi connectivity index (χ3n) is 4.80. The van der Waals surface area contributed by atoms with Crippen LogP contribution in [-0.2, 0) is 16.0 Å². The molecule has 2 aliphatic rings. The van der Waals surface area contributed by atoms with Gasteiger partial charge in [0.25, 0.3) is 0 Å². The first kappa shape index (κ1) is 17.7. The Morgan fingerprint density at radius 3 is 2.44 bits per heavy atom. The molecule has 2 aromatic carbocycles. The van der Waals surface area contributed by atoms with E-state index < -0.39 is 12.4 Å². The highest BCUT2D eigenvalue weighted by molar-refractivity contribution is 7.99. The van der Waals surface area contributed by atoms with Gasteiger partial charge in [-0.2, -0.15) is 0 Å². The summed E-state index contributed by atoms with van der Waals surface area (Å²) in [5, 5.41) is -0.0896. The van der Waals surface area contributed by atoms with Crippen molar-refractivity contribution in [2.24, 2.45) is 0 Å². The van der Waals surface area contributed by atoms with Crippen molar-refractivity contribution in [2.75, 3.05) is 12.9 Å². The van der Waals surface area contributed by atoms with Crippen LogP contribution in [0, 0.1) is 0 Å². The Hall–Kier alpha value is -2.67. The van der Waals surface area contributed by atoms with Gasteiger partial charge in [0.2, 0.25) is 6.23 Å². The lowest BCUT2D eigenvalue weighted by Crippen LogP contribution is -2.40. The van der Waals surface area contributed by atoms with E-state index in [0.29, 0.717) is 12.3 Å². The second kappa shape index (κ2) is 7.52. The minimum absolute atomic E-state index is 0.0896. The molecule has 2 aliphatic heterocycles. The molecule has 2 amide bonds. The molecule has 27 heavy (non-hydrogen) atoms. The minimum Gasteiger partial charge on any atom is -0.438 e. The lowest BCUT2D eigenvalue weighted by atomic mass is 10.2. The topological polar surface area (TPSA) is 59.1 Å². The zero-order valence-electron chi connectivity index (χ0n) is 14.9. The first-order chi connectivity index (χ1) is 13.2. The van der Waals surface area contributed by atoms with Crippen LogP contribution in [0.25, 0.3) is 0 Å². The lowest BCUT2D eigenvalue weighted by molar-refractivity contribution is -0.0232. The highest BCUT2D eigenvalue weighted by Crippen LogP contribution is 2.47. The molecule has 7 heteroatoms. The first-order valence-electron chi connectivity index (χ1n) is 8.73. The molecule has 2 saturated heterocycles. The monoisotopic (exact) mass is 384 g/mol. The molecular weight excluding hydrogens is 364 g/mol. The highest BCUT2D eigenvalue weighted by Gasteiger charge is 2.54. The molecule has 0 spiro atoms. The summed E-state index contributed by atoms with van der Waals surface area (Å²) in [6.45, 7) is 0.376. The fourth-order valence-electron chi connectivity index (χ4n) is 3.55. The molecule has 0 N–H and O–H groups in total. The summed E-state index contributed by atoms with van der Waals surface area (Å²) in [6, 6.07) is 19.3. The van der Waals surface area contributed by atoms with Crippen molar-refractivity contribution in [3.05, 3.63) is 71.8 Å². The van der Waals surface area contributed by atoms with Crippen molar-refractivity contribution in [2.45, 2.75) is 24.2 Å². The molecule has 2 fully saturated rings. The molecule has 0 aromatic heterocycles.